The third-order valence-electron chi connectivity index (χ3n) is 5.03. The second-order valence-corrected chi connectivity index (χ2v) is 8.93. The van der Waals surface area contributed by atoms with Crippen LogP contribution in [-0.2, 0) is 28.9 Å². The van der Waals surface area contributed by atoms with Crippen molar-refractivity contribution in [2.75, 3.05) is 13.7 Å². The minimum Gasteiger partial charge on any atom is -0.383 e. The number of Topliss-reactive ketones (excluding diaryl/α,β-unsaturated/α-hetero) is 1. The highest BCUT2D eigenvalue weighted by Crippen LogP contribution is 2.39. The molecule has 1 aromatic heterocycles. The van der Waals surface area contributed by atoms with Gasteiger partial charge < -0.3 is 14.6 Å². The van der Waals surface area contributed by atoms with Gasteiger partial charge in [0.05, 0.1) is 13.0 Å². The number of methoxy groups -OCH3 is 1. The molecule has 1 N–H and O–H groups in total. The topological polar surface area (TPSA) is 60.3 Å². The lowest BCUT2D eigenvalue weighted by molar-refractivity contribution is -0.121. The third kappa shape index (κ3) is 4.56. The molecule has 1 heterocycles. The van der Waals surface area contributed by atoms with Crippen LogP contribution in [0.25, 0.3) is 0 Å². The van der Waals surface area contributed by atoms with Crippen molar-refractivity contribution in [1.82, 2.24) is 9.88 Å². The molecule has 0 radical (unpaired) electrons. The van der Waals surface area contributed by atoms with Gasteiger partial charge in [0.1, 0.15) is 0 Å². The Morgan fingerprint density at radius 2 is 1.92 bits per heavy atom. The summed E-state index contributed by atoms with van der Waals surface area (Å²) in [6.07, 6.45) is 1.67. The minimum atomic E-state index is -0.0558. The number of aromatic nitrogens is 1. The van der Waals surface area contributed by atoms with Crippen LogP contribution in [0.4, 0.5) is 0 Å². The molecule has 0 bridgehead atoms. The van der Waals surface area contributed by atoms with E-state index in [0.717, 1.165) is 35.5 Å². The summed E-state index contributed by atoms with van der Waals surface area (Å²) < 4.78 is 7.36. The average molecular weight is 363 g/mol. The van der Waals surface area contributed by atoms with Gasteiger partial charge in [0, 0.05) is 43.1 Å². The van der Waals surface area contributed by atoms with E-state index >= 15 is 0 Å². The van der Waals surface area contributed by atoms with Crippen LogP contribution in [-0.4, -0.2) is 36.0 Å². The van der Waals surface area contributed by atoms with Crippen molar-refractivity contribution in [3.8, 4) is 0 Å². The predicted octanol–water partition coefficient (Wildman–Crippen LogP) is 3.30. The van der Waals surface area contributed by atoms with Crippen molar-refractivity contribution in [3.63, 3.8) is 0 Å². The van der Waals surface area contributed by atoms with Crippen LogP contribution in [0.2, 0.25) is 0 Å². The molecule has 1 aromatic rings. The Morgan fingerprint density at radius 1 is 1.27 bits per heavy atom. The number of ketones is 1. The Kier molecular flexibility index (Phi) is 6.33. The Labute approximate surface area is 157 Å². The number of amides is 1. The molecule has 1 atom stereocenters. The highest BCUT2D eigenvalue weighted by Gasteiger charge is 2.37. The molecule has 5 nitrogen and oxygen atoms in total. The monoisotopic (exact) mass is 362 g/mol. The Bertz CT molecular complexity index is 686. The summed E-state index contributed by atoms with van der Waals surface area (Å²) >= 11 is 0. The van der Waals surface area contributed by atoms with E-state index in [4.69, 9.17) is 4.74 Å². The summed E-state index contributed by atoms with van der Waals surface area (Å²) in [5.74, 6) is 0.600. The first-order chi connectivity index (χ1) is 12.1. The number of nitrogens with zero attached hydrogens (tertiary/aromatic N) is 1. The Hall–Kier alpha value is -1.62. The molecule has 0 saturated carbocycles. The van der Waals surface area contributed by atoms with Gasteiger partial charge in [-0.3, -0.25) is 9.59 Å². The summed E-state index contributed by atoms with van der Waals surface area (Å²) in [5, 5.41) is 2.96. The largest absolute Gasteiger partial charge is 0.383 e. The number of fused-ring (bicyclic) bond motifs is 1. The smallest absolute Gasteiger partial charge is 0.224 e. The molecule has 146 valence electrons. The van der Waals surface area contributed by atoms with Gasteiger partial charge in [-0.1, -0.05) is 27.7 Å². The van der Waals surface area contributed by atoms with Crippen LogP contribution < -0.4 is 5.32 Å². The van der Waals surface area contributed by atoms with Gasteiger partial charge in [0.2, 0.25) is 5.91 Å². The first kappa shape index (κ1) is 20.7. The van der Waals surface area contributed by atoms with Gasteiger partial charge in [-0.25, -0.2) is 0 Å². The second kappa shape index (κ2) is 7.95. The fourth-order valence-electron chi connectivity index (χ4n) is 4.01. The fourth-order valence-corrected chi connectivity index (χ4v) is 4.01. The number of nitrogens with one attached hydrogen (secondary N) is 1. The lowest BCUT2D eigenvalue weighted by Crippen LogP contribution is -2.37. The van der Waals surface area contributed by atoms with Gasteiger partial charge in [-0.2, -0.15) is 0 Å². The summed E-state index contributed by atoms with van der Waals surface area (Å²) in [4.78, 5) is 25.4. The van der Waals surface area contributed by atoms with Crippen molar-refractivity contribution in [1.29, 1.82) is 0 Å². The van der Waals surface area contributed by atoms with Crippen LogP contribution in [0.3, 0.4) is 0 Å². The summed E-state index contributed by atoms with van der Waals surface area (Å²) in [6.45, 7) is 14.0. The number of hydrogen-bond acceptors (Lipinski definition) is 3. The molecule has 0 fully saturated rings. The van der Waals surface area contributed by atoms with Gasteiger partial charge >= 0.3 is 0 Å². The predicted molar refractivity (Wildman–Crippen MR) is 104 cm³/mol. The van der Waals surface area contributed by atoms with E-state index in [9.17, 15) is 9.59 Å². The van der Waals surface area contributed by atoms with E-state index in [2.05, 4.69) is 37.6 Å². The third-order valence-corrected chi connectivity index (χ3v) is 5.03. The van der Waals surface area contributed by atoms with Crippen LogP contribution in [0.5, 0.6) is 0 Å². The van der Waals surface area contributed by atoms with Crippen molar-refractivity contribution in [3.05, 3.63) is 22.5 Å². The molecule has 0 unspecified atom stereocenters. The number of carbonyl (C=O) groups is 2. The second-order valence-electron chi connectivity index (χ2n) is 8.93. The molecule has 2 rings (SSSR count). The molecule has 26 heavy (non-hydrogen) atoms. The maximum absolute atomic E-state index is 12.9. The summed E-state index contributed by atoms with van der Waals surface area (Å²) in [5.41, 5.74) is 3.85. The molecule has 1 aliphatic carbocycles. The van der Waals surface area contributed by atoms with Crippen molar-refractivity contribution < 1.29 is 14.3 Å². The first-order valence-electron chi connectivity index (χ1n) is 9.58. The van der Waals surface area contributed by atoms with Gasteiger partial charge in [0.25, 0.3) is 0 Å². The molecule has 1 aliphatic rings. The van der Waals surface area contributed by atoms with Crippen molar-refractivity contribution >= 4 is 11.7 Å². The number of rotatable bonds is 7. The highest BCUT2D eigenvalue weighted by molar-refractivity contribution is 6.01. The normalized spacial score (nSPS) is 17.3. The van der Waals surface area contributed by atoms with Gasteiger partial charge in [-0.05, 0) is 37.2 Å². The number of hydrogen-bond donors (Lipinski definition) is 1. The van der Waals surface area contributed by atoms with Crippen molar-refractivity contribution in [2.45, 2.75) is 73.4 Å². The molecular formula is C21H34N2O3. The molecule has 1 amide bonds. The lowest BCUT2D eigenvalue weighted by atomic mass is 9.75. The summed E-state index contributed by atoms with van der Waals surface area (Å²) in [6, 6.07) is -0.0454. The molecule has 5 heteroatoms. The molecular weight excluding hydrogens is 328 g/mol. The molecule has 0 aromatic carbocycles. The Morgan fingerprint density at radius 3 is 2.50 bits per heavy atom. The zero-order valence-electron chi connectivity index (χ0n) is 17.4. The van der Waals surface area contributed by atoms with E-state index < -0.39 is 0 Å². The SMILES string of the molecule is COC[C@@H](C)NC(=O)Cc1c2c(n(CC(C)C)c1C)CC(C)(C)CC2=O. The standard InChI is InChI=1S/C21H34N2O3/c1-13(2)11-23-15(4)16(8-19(25)22-14(3)12-26-7)20-17(23)9-21(5,6)10-18(20)24/h13-14H,8-12H2,1-7H3,(H,22,25)/t14-/m1/s1. The van der Waals surface area contributed by atoms with E-state index in [0.29, 0.717) is 18.9 Å². The van der Waals surface area contributed by atoms with Crippen LogP contribution in [0.15, 0.2) is 0 Å². The average Bonchev–Trinajstić information content (AvgIpc) is 2.71. The van der Waals surface area contributed by atoms with Crippen molar-refractivity contribution in [2.24, 2.45) is 11.3 Å². The quantitative estimate of drug-likeness (QED) is 0.809. The van der Waals surface area contributed by atoms with E-state index in [1.165, 1.54) is 0 Å². The van der Waals surface area contributed by atoms with Crippen LogP contribution in [0.1, 0.15) is 68.3 Å². The van der Waals surface area contributed by atoms with E-state index in [1.54, 1.807) is 7.11 Å². The maximum atomic E-state index is 12.9. The highest BCUT2D eigenvalue weighted by atomic mass is 16.5. The number of ether oxygens (including phenoxy) is 1. The van der Waals surface area contributed by atoms with Crippen LogP contribution in [0, 0.1) is 18.3 Å². The lowest BCUT2D eigenvalue weighted by Gasteiger charge is -2.30. The zero-order chi connectivity index (χ0) is 19.6. The maximum Gasteiger partial charge on any atom is 0.224 e. The molecule has 0 saturated heterocycles. The van der Waals surface area contributed by atoms with Gasteiger partial charge in [0.15, 0.2) is 5.78 Å². The number of carbonyl (C=O) groups excluding carboxylic acids is 2. The minimum absolute atomic E-state index is 0.0316. The molecule has 0 aliphatic heterocycles. The van der Waals surface area contributed by atoms with E-state index in [-0.39, 0.29) is 29.6 Å². The fraction of sp³-hybridized carbons (Fsp3) is 0.714. The van der Waals surface area contributed by atoms with Gasteiger partial charge in [-0.15, -0.1) is 0 Å². The first-order valence-corrected chi connectivity index (χ1v) is 9.58. The zero-order valence-corrected chi connectivity index (χ0v) is 17.4. The van der Waals surface area contributed by atoms with Crippen LogP contribution >= 0.6 is 0 Å². The molecule has 0 spiro atoms. The summed E-state index contributed by atoms with van der Waals surface area (Å²) in [7, 11) is 1.62. The Balaban J connectivity index is 2.39. The van der Waals surface area contributed by atoms with E-state index in [1.807, 2.05) is 13.8 Å².